The van der Waals surface area contributed by atoms with Crippen molar-refractivity contribution in [2.45, 2.75) is 78.9 Å². The fraction of sp³-hybridized carbons (Fsp3) is 0.609. The van der Waals surface area contributed by atoms with E-state index >= 15 is 0 Å². The molecule has 1 aliphatic carbocycles. The molecular weight excluding hydrogens is 432 g/mol. The monoisotopic (exact) mass is 466 g/mol. The van der Waals surface area contributed by atoms with Crippen LogP contribution in [0.5, 0.6) is 11.5 Å². The normalized spacial score (nSPS) is 20.4. The Labute approximate surface area is 180 Å². The topological polar surface area (TPSA) is 35.5 Å². The highest BCUT2D eigenvalue weighted by atomic mass is 79.9. The van der Waals surface area contributed by atoms with Gasteiger partial charge in [-0.15, -0.1) is 0 Å². The molecule has 0 aromatic heterocycles. The van der Waals surface area contributed by atoms with Gasteiger partial charge in [0.15, 0.2) is 5.78 Å². The van der Waals surface area contributed by atoms with Gasteiger partial charge in [0.2, 0.25) is 8.32 Å². The Morgan fingerprint density at radius 2 is 1.71 bits per heavy atom. The van der Waals surface area contributed by atoms with Gasteiger partial charge in [-0.2, -0.15) is 0 Å². The molecule has 1 aromatic rings. The third kappa shape index (κ3) is 4.25. The van der Waals surface area contributed by atoms with Crippen molar-refractivity contribution in [2.24, 2.45) is 5.41 Å². The molecule has 156 valence electrons. The van der Waals surface area contributed by atoms with Gasteiger partial charge in [0.1, 0.15) is 11.5 Å². The van der Waals surface area contributed by atoms with E-state index in [1.807, 2.05) is 13.0 Å². The van der Waals surface area contributed by atoms with Gasteiger partial charge in [-0.05, 0) is 71.0 Å². The number of Topliss-reactive ketones (excluding diaryl/α,β-unsaturated/α-hetero) is 1. The van der Waals surface area contributed by atoms with Gasteiger partial charge >= 0.3 is 0 Å². The number of hydrogen-bond acceptors (Lipinski definition) is 3. The Hall–Kier alpha value is -1.07. The van der Waals surface area contributed by atoms with Crippen LogP contribution in [0.2, 0.25) is 18.1 Å². The van der Waals surface area contributed by atoms with Crippen molar-refractivity contribution in [3.05, 3.63) is 33.3 Å². The minimum Gasteiger partial charge on any atom is -0.543 e. The quantitative estimate of drug-likeness (QED) is 0.437. The van der Waals surface area contributed by atoms with Crippen LogP contribution in [-0.2, 0) is 4.79 Å². The standard InChI is InChI=1S/C23H35BrO3Si/c1-14-15(2)21(23(6,7)13-18(14)25)16-11-20(26-8)17(24)12-19(16)27-28(9,10)22(3,4)5/h11-12,21H,13H2,1-10H3. The van der Waals surface area contributed by atoms with Crippen LogP contribution in [0.4, 0.5) is 0 Å². The first-order chi connectivity index (χ1) is 12.6. The summed E-state index contributed by atoms with van der Waals surface area (Å²) in [6, 6.07) is 4.13. The van der Waals surface area contributed by atoms with Crippen LogP contribution in [0.1, 0.15) is 66.4 Å². The lowest BCUT2D eigenvalue weighted by atomic mass is 9.63. The van der Waals surface area contributed by atoms with E-state index in [0.717, 1.165) is 32.7 Å². The summed E-state index contributed by atoms with van der Waals surface area (Å²) in [5.41, 5.74) is 2.93. The Morgan fingerprint density at radius 1 is 1.14 bits per heavy atom. The van der Waals surface area contributed by atoms with Gasteiger partial charge < -0.3 is 9.16 Å². The second-order valence-electron chi connectivity index (χ2n) is 10.2. The lowest BCUT2D eigenvalue weighted by molar-refractivity contribution is -0.118. The van der Waals surface area contributed by atoms with E-state index in [9.17, 15) is 4.79 Å². The van der Waals surface area contributed by atoms with Gasteiger partial charge in [0.25, 0.3) is 0 Å². The van der Waals surface area contributed by atoms with Crippen molar-refractivity contribution in [1.82, 2.24) is 0 Å². The van der Waals surface area contributed by atoms with E-state index in [1.165, 1.54) is 0 Å². The summed E-state index contributed by atoms with van der Waals surface area (Å²) in [5.74, 6) is 2.04. The molecule has 1 aliphatic rings. The SMILES string of the molecule is COc1cc(C2C(C)=C(C)C(=O)CC2(C)C)c(O[Si](C)(C)C(C)(C)C)cc1Br. The molecule has 0 aliphatic heterocycles. The molecule has 0 saturated heterocycles. The fourth-order valence-electron chi connectivity index (χ4n) is 3.77. The number of ketones is 1. The van der Waals surface area contributed by atoms with Crippen LogP contribution in [0.3, 0.4) is 0 Å². The van der Waals surface area contributed by atoms with Crippen molar-refractivity contribution < 1.29 is 14.0 Å². The molecule has 0 fully saturated rings. The number of hydrogen-bond donors (Lipinski definition) is 0. The number of rotatable bonds is 4. The van der Waals surface area contributed by atoms with Crippen LogP contribution >= 0.6 is 15.9 Å². The molecule has 0 heterocycles. The molecule has 0 bridgehead atoms. The summed E-state index contributed by atoms with van der Waals surface area (Å²) in [6.07, 6.45) is 0.540. The molecular formula is C23H35BrO3Si. The molecule has 1 atom stereocenters. The first kappa shape index (κ1) is 23.2. The Kier molecular flexibility index (Phi) is 6.33. The predicted molar refractivity (Wildman–Crippen MR) is 123 cm³/mol. The summed E-state index contributed by atoms with van der Waals surface area (Å²) in [5, 5.41) is 0.0928. The highest BCUT2D eigenvalue weighted by Gasteiger charge is 2.43. The maximum Gasteiger partial charge on any atom is 0.250 e. The fourth-order valence-corrected chi connectivity index (χ4v) is 5.29. The maximum absolute atomic E-state index is 12.5. The molecule has 0 amide bonds. The average Bonchev–Trinajstić information content (AvgIpc) is 2.52. The number of carbonyl (C=O) groups excluding carboxylic acids is 1. The Morgan fingerprint density at radius 3 is 2.21 bits per heavy atom. The van der Waals surface area contributed by atoms with Crippen molar-refractivity contribution in [1.29, 1.82) is 0 Å². The third-order valence-electron chi connectivity index (χ3n) is 6.61. The average molecular weight is 468 g/mol. The van der Waals surface area contributed by atoms with E-state index in [-0.39, 0.29) is 22.2 Å². The largest absolute Gasteiger partial charge is 0.543 e. The molecule has 2 rings (SSSR count). The zero-order valence-electron chi connectivity index (χ0n) is 19.0. The molecule has 0 radical (unpaired) electrons. The van der Waals surface area contributed by atoms with Crippen LogP contribution in [0, 0.1) is 5.41 Å². The molecule has 28 heavy (non-hydrogen) atoms. The van der Waals surface area contributed by atoms with Gasteiger partial charge in [-0.3, -0.25) is 4.79 Å². The van der Waals surface area contributed by atoms with Crippen LogP contribution in [0.15, 0.2) is 27.8 Å². The Bertz CT molecular complexity index is 816. The molecule has 0 spiro atoms. The highest BCUT2D eigenvalue weighted by Crippen LogP contribution is 2.53. The number of ether oxygens (including phenoxy) is 1. The molecule has 1 unspecified atom stereocenters. The first-order valence-electron chi connectivity index (χ1n) is 9.89. The minimum absolute atomic E-state index is 0.0928. The van der Waals surface area contributed by atoms with Crippen LogP contribution in [0.25, 0.3) is 0 Å². The number of methoxy groups -OCH3 is 1. The van der Waals surface area contributed by atoms with E-state index in [2.05, 4.69) is 76.6 Å². The number of halogens is 1. The lowest BCUT2D eigenvalue weighted by Gasteiger charge is -2.42. The lowest BCUT2D eigenvalue weighted by Crippen LogP contribution is -2.44. The summed E-state index contributed by atoms with van der Waals surface area (Å²) < 4.78 is 13.3. The van der Waals surface area contributed by atoms with Crippen LogP contribution < -0.4 is 9.16 Å². The summed E-state index contributed by atoms with van der Waals surface area (Å²) >= 11 is 3.63. The highest BCUT2D eigenvalue weighted by molar-refractivity contribution is 9.10. The van der Waals surface area contributed by atoms with Crippen molar-refractivity contribution in [2.75, 3.05) is 7.11 Å². The van der Waals surface area contributed by atoms with Crippen molar-refractivity contribution in [3.63, 3.8) is 0 Å². The van der Waals surface area contributed by atoms with Crippen LogP contribution in [-0.4, -0.2) is 21.2 Å². The van der Waals surface area contributed by atoms with Gasteiger partial charge in [-0.1, -0.05) is 40.2 Å². The third-order valence-corrected chi connectivity index (χ3v) is 11.6. The second kappa shape index (κ2) is 7.64. The van der Waals surface area contributed by atoms with E-state index in [4.69, 9.17) is 9.16 Å². The number of carbonyl (C=O) groups is 1. The van der Waals surface area contributed by atoms with Gasteiger partial charge in [0.05, 0.1) is 11.6 Å². The second-order valence-corrected chi connectivity index (χ2v) is 15.8. The first-order valence-corrected chi connectivity index (χ1v) is 13.6. The summed E-state index contributed by atoms with van der Waals surface area (Å²) in [4.78, 5) is 12.5. The molecule has 1 aromatic carbocycles. The molecule has 0 N–H and O–H groups in total. The van der Waals surface area contributed by atoms with E-state index < -0.39 is 8.32 Å². The minimum atomic E-state index is -2.03. The number of benzene rings is 1. The summed E-state index contributed by atoms with van der Waals surface area (Å²) in [6.45, 7) is 19.7. The number of allylic oxidation sites excluding steroid dienone is 2. The summed E-state index contributed by atoms with van der Waals surface area (Å²) in [7, 11) is -0.352. The smallest absolute Gasteiger partial charge is 0.250 e. The maximum atomic E-state index is 12.5. The molecule has 5 heteroatoms. The predicted octanol–water partition coefficient (Wildman–Crippen LogP) is 7.26. The van der Waals surface area contributed by atoms with Gasteiger partial charge in [0, 0.05) is 17.9 Å². The van der Waals surface area contributed by atoms with E-state index in [0.29, 0.717) is 6.42 Å². The molecule has 0 saturated carbocycles. The zero-order valence-corrected chi connectivity index (χ0v) is 21.6. The van der Waals surface area contributed by atoms with E-state index in [1.54, 1.807) is 7.11 Å². The van der Waals surface area contributed by atoms with Gasteiger partial charge in [-0.25, -0.2) is 0 Å². The van der Waals surface area contributed by atoms with Crippen molar-refractivity contribution in [3.8, 4) is 11.5 Å². The molecule has 3 nitrogen and oxygen atoms in total. The zero-order chi connectivity index (χ0) is 21.7. The van der Waals surface area contributed by atoms with Crippen molar-refractivity contribution >= 4 is 30.0 Å². The Balaban J connectivity index is 2.73.